The summed E-state index contributed by atoms with van der Waals surface area (Å²) >= 11 is 0. The van der Waals surface area contributed by atoms with Crippen LogP contribution in [0.1, 0.15) is 12.5 Å². The lowest BCUT2D eigenvalue weighted by molar-refractivity contribution is -0.274. The van der Waals surface area contributed by atoms with Crippen LogP contribution in [0.15, 0.2) is 41.6 Å². The molecule has 4 rings (SSSR count). The van der Waals surface area contributed by atoms with Crippen LogP contribution in [0, 0.1) is 0 Å². The molecule has 0 radical (unpaired) electrons. The summed E-state index contributed by atoms with van der Waals surface area (Å²) in [4.78, 5) is 29.1. The van der Waals surface area contributed by atoms with E-state index in [0.717, 1.165) is 23.0 Å². The van der Waals surface area contributed by atoms with Gasteiger partial charge < -0.3 is 10.1 Å². The quantitative estimate of drug-likeness (QED) is 0.598. The van der Waals surface area contributed by atoms with Crippen molar-refractivity contribution in [3.8, 4) is 5.75 Å². The van der Waals surface area contributed by atoms with Crippen molar-refractivity contribution < 1.29 is 31.1 Å². The van der Waals surface area contributed by atoms with E-state index in [1.807, 2.05) is 0 Å². The molecule has 3 aromatic rings. The summed E-state index contributed by atoms with van der Waals surface area (Å²) in [7, 11) is -3.15. The van der Waals surface area contributed by atoms with E-state index in [1.54, 1.807) is 0 Å². The molecule has 3 heterocycles. The van der Waals surface area contributed by atoms with E-state index in [1.165, 1.54) is 23.0 Å². The molecule has 1 N–H and O–H groups in total. The van der Waals surface area contributed by atoms with Gasteiger partial charge in [-0.05, 0) is 30.7 Å². The molecule has 1 aliphatic rings. The van der Waals surface area contributed by atoms with Crippen LogP contribution in [0.2, 0.25) is 0 Å². The number of carbonyl (C=O) groups is 1. The third kappa shape index (κ3) is 4.74. The highest BCUT2D eigenvalue weighted by Crippen LogP contribution is 2.25. The number of nitrogens with zero attached hydrogens (tertiary/aromatic N) is 4. The number of benzene rings is 1. The fourth-order valence-electron chi connectivity index (χ4n) is 3.41. The summed E-state index contributed by atoms with van der Waals surface area (Å²) in [6.45, 7) is -0.397. The van der Waals surface area contributed by atoms with Crippen LogP contribution in [0.5, 0.6) is 5.75 Å². The number of aromatic nitrogens is 4. The molecule has 1 atom stereocenters. The van der Waals surface area contributed by atoms with E-state index in [-0.39, 0.29) is 28.2 Å². The molecular formula is C18H16F3N5O5S. The SMILES string of the molecule is O=C(Cn1cnc2c(cnn2[C@@H]2CCS(=O)(=O)C2)c1=O)Nc1ccc(OC(F)(F)F)cc1. The predicted molar refractivity (Wildman–Crippen MR) is 106 cm³/mol. The van der Waals surface area contributed by atoms with Crippen molar-refractivity contribution >= 4 is 32.5 Å². The molecule has 32 heavy (non-hydrogen) atoms. The van der Waals surface area contributed by atoms with Gasteiger partial charge in [0.1, 0.15) is 24.0 Å². The highest BCUT2D eigenvalue weighted by molar-refractivity contribution is 7.91. The zero-order valence-electron chi connectivity index (χ0n) is 16.2. The van der Waals surface area contributed by atoms with E-state index in [2.05, 4.69) is 20.1 Å². The van der Waals surface area contributed by atoms with Crippen molar-refractivity contribution in [2.24, 2.45) is 0 Å². The van der Waals surface area contributed by atoms with Crippen molar-refractivity contribution in [1.29, 1.82) is 0 Å². The minimum absolute atomic E-state index is 0.0412. The summed E-state index contributed by atoms with van der Waals surface area (Å²) in [6.07, 6.45) is -2.01. The Hall–Kier alpha value is -3.42. The van der Waals surface area contributed by atoms with Gasteiger partial charge in [0.2, 0.25) is 5.91 Å². The molecule has 1 amide bonds. The Morgan fingerprint density at radius 1 is 1.25 bits per heavy atom. The number of ether oxygens (including phenoxy) is 1. The number of hydrogen-bond donors (Lipinski definition) is 1. The largest absolute Gasteiger partial charge is 0.573 e. The second-order valence-corrected chi connectivity index (χ2v) is 9.41. The maximum atomic E-state index is 12.7. The monoisotopic (exact) mass is 471 g/mol. The van der Waals surface area contributed by atoms with Crippen molar-refractivity contribution in [2.75, 3.05) is 16.8 Å². The third-order valence-corrected chi connectivity index (χ3v) is 6.57. The Morgan fingerprint density at radius 3 is 2.59 bits per heavy atom. The lowest BCUT2D eigenvalue weighted by Crippen LogP contribution is -2.28. The van der Waals surface area contributed by atoms with Gasteiger partial charge in [0, 0.05) is 5.69 Å². The Morgan fingerprint density at radius 2 is 1.97 bits per heavy atom. The average molecular weight is 471 g/mol. The fraction of sp³-hybridized carbons (Fsp3) is 0.333. The standard InChI is InChI=1S/C18H16F3N5O5S/c19-18(20,21)31-13-3-1-11(2-4-13)24-15(27)8-25-10-22-16-14(17(25)28)7-23-26(16)12-5-6-32(29,30)9-12/h1-4,7,10,12H,5-6,8-9H2,(H,24,27)/t12-/m1/s1. The lowest BCUT2D eigenvalue weighted by Gasteiger charge is -2.11. The van der Waals surface area contributed by atoms with Crippen LogP contribution >= 0.6 is 0 Å². The van der Waals surface area contributed by atoms with Crippen LogP contribution in [-0.2, 0) is 21.2 Å². The minimum Gasteiger partial charge on any atom is -0.406 e. The van der Waals surface area contributed by atoms with E-state index in [4.69, 9.17) is 0 Å². The number of amides is 1. The first kappa shape index (κ1) is 21.8. The number of halogens is 3. The second-order valence-electron chi connectivity index (χ2n) is 7.18. The Bertz CT molecular complexity index is 1330. The number of nitrogens with one attached hydrogen (secondary N) is 1. The average Bonchev–Trinajstić information content (AvgIpc) is 3.27. The van der Waals surface area contributed by atoms with E-state index in [0.29, 0.717) is 6.42 Å². The normalized spacial score (nSPS) is 18.0. The number of anilines is 1. The molecule has 1 fully saturated rings. The van der Waals surface area contributed by atoms with Gasteiger partial charge in [-0.3, -0.25) is 14.2 Å². The Balaban J connectivity index is 1.47. The van der Waals surface area contributed by atoms with Gasteiger partial charge in [0.15, 0.2) is 15.5 Å². The molecule has 0 saturated carbocycles. The predicted octanol–water partition coefficient (Wildman–Crippen LogP) is 1.49. The molecular weight excluding hydrogens is 455 g/mol. The molecule has 1 aliphatic heterocycles. The van der Waals surface area contributed by atoms with Crippen LogP contribution < -0.4 is 15.6 Å². The molecule has 2 aromatic heterocycles. The summed E-state index contributed by atoms with van der Waals surface area (Å²) < 4.78 is 66.3. The van der Waals surface area contributed by atoms with Gasteiger partial charge in [0.25, 0.3) is 5.56 Å². The first-order chi connectivity index (χ1) is 15.0. The van der Waals surface area contributed by atoms with E-state index >= 15 is 0 Å². The zero-order valence-corrected chi connectivity index (χ0v) is 17.1. The number of fused-ring (bicyclic) bond motifs is 1. The van der Waals surface area contributed by atoms with Gasteiger partial charge in [-0.25, -0.2) is 18.1 Å². The first-order valence-electron chi connectivity index (χ1n) is 9.29. The molecule has 1 aromatic carbocycles. The summed E-state index contributed by atoms with van der Waals surface area (Å²) in [5.41, 5.74) is -0.0953. The van der Waals surface area contributed by atoms with Crippen molar-refractivity contribution in [3.05, 3.63) is 47.1 Å². The Kier molecular flexibility index (Phi) is 5.40. The maximum absolute atomic E-state index is 12.7. The maximum Gasteiger partial charge on any atom is 0.573 e. The molecule has 170 valence electrons. The van der Waals surface area contributed by atoms with Crippen LogP contribution in [0.25, 0.3) is 11.0 Å². The summed E-state index contributed by atoms with van der Waals surface area (Å²) in [5.74, 6) is -1.08. The first-order valence-corrected chi connectivity index (χ1v) is 11.1. The molecule has 0 aliphatic carbocycles. The second kappa shape index (κ2) is 7.93. The van der Waals surface area contributed by atoms with Gasteiger partial charge >= 0.3 is 6.36 Å². The van der Waals surface area contributed by atoms with Crippen molar-refractivity contribution in [3.63, 3.8) is 0 Å². The van der Waals surface area contributed by atoms with Gasteiger partial charge in [-0.1, -0.05) is 0 Å². The number of alkyl halides is 3. The minimum atomic E-state index is -4.82. The molecule has 10 nitrogen and oxygen atoms in total. The number of carbonyl (C=O) groups excluding carboxylic acids is 1. The molecule has 0 unspecified atom stereocenters. The number of rotatable bonds is 5. The molecule has 14 heteroatoms. The zero-order chi connectivity index (χ0) is 23.1. The van der Waals surface area contributed by atoms with Gasteiger partial charge in [-0.2, -0.15) is 5.10 Å². The van der Waals surface area contributed by atoms with Gasteiger partial charge in [0.05, 0.1) is 23.7 Å². The van der Waals surface area contributed by atoms with Crippen LogP contribution in [0.3, 0.4) is 0 Å². The lowest BCUT2D eigenvalue weighted by atomic mass is 10.3. The summed E-state index contributed by atoms with van der Waals surface area (Å²) in [5, 5.41) is 6.71. The number of hydrogen-bond acceptors (Lipinski definition) is 7. The van der Waals surface area contributed by atoms with Gasteiger partial charge in [-0.15, -0.1) is 13.2 Å². The smallest absolute Gasteiger partial charge is 0.406 e. The molecule has 0 spiro atoms. The van der Waals surface area contributed by atoms with E-state index < -0.39 is 46.0 Å². The third-order valence-electron chi connectivity index (χ3n) is 4.82. The van der Waals surface area contributed by atoms with Crippen LogP contribution in [0.4, 0.5) is 18.9 Å². The Labute approximate surface area is 178 Å². The van der Waals surface area contributed by atoms with Crippen molar-refractivity contribution in [1.82, 2.24) is 19.3 Å². The highest BCUT2D eigenvalue weighted by Gasteiger charge is 2.32. The highest BCUT2D eigenvalue weighted by atomic mass is 32.2. The van der Waals surface area contributed by atoms with Crippen LogP contribution in [-0.4, -0.2) is 51.5 Å². The fourth-order valence-corrected chi connectivity index (χ4v) is 5.10. The topological polar surface area (TPSA) is 125 Å². The molecule has 1 saturated heterocycles. The van der Waals surface area contributed by atoms with Crippen molar-refractivity contribution in [2.45, 2.75) is 25.4 Å². The summed E-state index contributed by atoms with van der Waals surface area (Å²) in [6, 6.07) is 4.13. The number of sulfone groups is 1. The molecule has 0 bridgehead atoms. The van der Waals surface area contributed by atoms with E-state index in [9.17, 15) is 31.2 Å².